The first-order valence-corrected chi connectivity index (χ1v) is 9.85. The van der Waals surface area contributed by atoms with Crippen molar-refractivity contribution in [1.82, 2.24) is 19.8 Å². The van der Waals surface area contributed by atoms with Crippen molar-refractivity contribution in [2.45, 2.75) is 63.3 Å². The van der Waals surface area contributed by atoms with E-state index >= 15 is 0 Å². The summed E-state index contributed by atoms with van der Waals surface area (Å²) in [5.74, 6) is -0.175. The number of morpholine rings is 1. The highest BCUT2D eigenvalue weighted by Crippen LogP contribution is 2.41. The molecule has 3 heterocycles. The van der Waals surface area contributed by atoms with Gasteiger partial charge in [0.05, 0.1) is 43.2 Å². The summed E-state index contributed by atoms with van der Waals surface area (Å²) in [7, 11) is 1.89. The second-order valence-electron chi connectivity index (χ2n) is 8.06. The van der Waals surface area contributed by atoms with E-state index in [1.54, 1.807) is 12.5 Å². The average molecular weight is 389 g/mol. The third-order valence-electron chi connectivity index (χ3n) is 5.94. The maximum atomic E-state index is 13.1. The summed E-state index contributed by atoms with van der Waals surface area (Å²) in [5.41, 5.74) is 1.16. The van der Waals surface area contributed by atoms with Gasteiger partial charge in [-0.3, -0.25) is 9.59 Å². The van der Waals surface area contributed by atoms with Crippen LogP contribution in [0.25, 0.3) is 0 Å². The summed E-state index contributed by atoms with van der Waals surface area (Å²) >= 11 is 0. The molecule has 2 unspecified atom stereocenters. The van der Waals surface area contributed by atoms with Crippen molar-refractivity contribution >= 4 is 17.5 Å². The van der Waals surface area contributed by atoms with Gasteiger partial charge in [0.25, 0.3) is 5.91 Å². The Bertz CT molecular complexity index is 785. The predicted octanol–water partition coefficient (Wildman–Crippen LogP) is 0.741. The molecule has 1 saturated carbocycles. The molecule has 152 valence electrons. The normalized spacial score (nSPS) is 25.8. The summed E-state index contributed by atoms with van der Waals surface area (Å²) in [6.07, 6.45) is 6.74. The minimum Gasteiger partial charge on any atom is -0.392 e. The lowest BCUT2D eigenvalue weighted by Gasteiger charge is -2.54. The number of imidazole rings is 1. The summed E-state index contributed by atoms with van der Waals surface area (Å²) in [4.78, 5) is 36.6. The summed E-state index contributed by atoms with van der Waals surface area (Å²) in [6, 6.07) is 0. The summed E-state index contributed by atoms with van der Waals surface area (Å²) in [6.45, 7) is 3.20. The number of nitrogens with one attached hydrogen (secondary N) is 1. The lowest BCUT2D eigenvalue weighted by molar-refractivity contribution is -0.167. The van der Waals surface area contributed by atoms with Crippen LogP contribution in [0, 0.1) is 0 Å². The maximum absolute atomic E-state index is 13.1. The number of amides is 2. The molecule has 0 aromatic carbocycles. The molecule has 1 aliphatic carbocycles. The minimum atomic E-state index is -0.318. The Morgan fingerprint density at radius 2 is 2.21 bits per heavy atom. The number of rotatable bonds is 5. The molecule has 3 aliphatic rings. The number of carbonyl (C=O) groups is 2. The van der Waals surface area contributed by atoms with E-state index in [0.717, 1.165) is 25.0 Å². The second-order valence-corrected chi connectivity index (χ2v) is 8.06. The Kier molecular flexibility index (Phi) is 5.09. The first-order valence-electron chi connectivity index (χ1n) is 9.85. The summed E-state index contributed by atoms with van der Waals surface area (Å²) in [5, 5.41) is 6.86. The molecular formula is C19H27N5O4. The van der Waals surface area contributed by atoms with Gasteiger partial charge in [-0.05, 0) is 26.2 Å². The van der Waals surface area contributed by atoms with Gasteiger partial charge in [0, 0.05) is 26.2 Å². The van der Waals surface area contributed by atoms with Gasteiger partial charge in [-0.2, -0.15) is 0 Å². The molecule has 2 amide bonds. The number of hydrogen-bond donors (Lipinski definition) is 1. The molecule has 2 atom stereocenters. The highest BCUT2D eigenvalue weighted by atomic mass is 16.6. The number of carbonyl (C=O) groups excluding carboxylic acids is 2. The van der Waals surface area contributed by atoms with E-state index in [2.05, 4.69) is 15.5 Å². The third kappa shape index (κ3) is 3.63. The van der Waals surface area contributed by atoms with E-state index in [4.69, 9.17) is 9.57 Å². The second kappa shape index (κ2) is 7.54. The molecule has 1 spiro atoms. The Balaban J connectivity index is 1.36. The first-order chi connectivity index (χ1) is 13.5. The van der Waals surface area contributed by atoms with Gasteiger partial charge in [-0.25, -0.2) is 4.98 Å². The smallest absolute Gasteiger partial charge is 0.272 e. The van der Waals surface area contributed by atoms with Gasteiger partial charge in [0.15, 0.2) is 0 Å². The molecular weight excluding hydrogens is 362 g/mol. The number of hydrogen-bond acceptors (Lipinski definition) is 6. The van der Waals surface area contributed by atoms with Crippen LogP contribution < -0.4 is 5.32 Å². The van der Waals surface area contributed by atoms with Crippen LogP contribution in [0.1, 0.15) is 44.7 Å². The molecule has 9 heteroatoms. The number of oxime groups is 1. The SMILES string of the molecule is CC1CC(C(=O)N2CC(CC(=O)NCc3cncn3C)OCC23CCC3)=NO1. The lowest BCUT2D eigenvalue weighted by atomic mass is 9.74. The molecule has 2 fully saturated rings. The van der Waals surface area contributed by atoms with Crippen molar-refractivity contribution < 1.29 is 19.2 Å². The van der Waals surface area contributed by atoms with Crippen molar-refractivity contribution in [1.29, 1.82) is 0 Å². The van der Waals surface area contributed by atoms with Crippen molar-refractivity contribution in [3.8, 4) is 0 Å². The zero-order valence-corrected chi connectivity index (χ0v) is 16.4. The van der Waals surface area contributed by atoms with Gasteiger partial charge in [-0.15, -0.1) is 0 Å². The van der Waals surface area contributed by atoms with E-state index in [9.17, 15) is 9.59 Å². The van der Waals surface area contributed by atoms with Gasteiger partial charge in [0.1, 0.15) is 11.8 Å². The number of ether oxygens (including phenoxy) is 1. The molecule has 2 aliphatic heterocycles. The fourth-order valence-corrected chi connectivity index (χ4v) is 4.03. The fraction of sp³-hybridized carbons (Fsp3) is 0.684. The Morgan fingerprint density at radius 3 is 2.82 bits per heavy atom. The third-order valence-corrected chi connectivity index (χ3v) is 5.94. The average Bonchev–Trinajstić information content (AvgIpc) is 3.26. The van der Waals surface area contributed by atoms with Crippen molar-refractivity contribution in [2.75, 3.05) is 13.2 Å². The van der Waals surface area contributed by atoms with Gasteiger partial charge >= 0.3 is 0 Å². The Hall–Kier alpha value is -2.42. The van der Waals surface area contributed by atoms with Gasteiger partial charge in [-0.1, -0.05) is 5.16 Å². The fourth-order valence-electron chi connectivity index (χ4n) is 4.03. The van der Waals surface area contributed by atoms with E-state index in [-0.39, 0.29) is 36.0 Å². The monoisotopic (exact) mass is 389 g/mol. The van der Waals surface area contributed by atoms with Crippen LogP contribution in [0.5, 0.6) is 0 Å². The van der Waals surface area contributed by atoms with Crippen LogP contribution in [-0.2, 0) is 32.8 Å². The number of aryl methyl sites for hydroxylation is 1. The van der Waals surface area contributed by atoms with Crippen LogP contribution >= 0.6 is 0 Å². The molecule has 9 nitrogen and oxygen atoms in total. The predicted molar refractivity (Wildman–Crippen MR) is 100 cm³/mol. The molecule has 28 heavy (non-hydrogen) atoms. The molecule has 0 radical (unpaired) electrons. The van der Waals surface area contributed by atoms with Crippen LogP contribution in [0.15, 0.2) is 17.7 Å². The largest absolute Gasteiger partial charge is 0.392 e. The minimum absolute atomic E-state index is 0.0640. The topological polar surface area (TPSA) is 98.1 Å². The van der Waals surface area contributed by atoms with Gasteiger partial charge in [0.2, 0.25) is 5.91 Å². The summed E-state index contributed by atoms with van der Waals surface area (Å²) < 4.78 is 7.85. The van der Waals surface area contributed by atoms with Crippen LogP contribution in [-0.4, -0.2) is 62.9 Å². The van der Waals surface area contributed by atoms with E-state index in [1.165, 1.54) is 0 Å². The number of nitrogens with zero attached hydrogens (tertiary/aromatic N) is 4. The van der Waals surface area contributed by atoms with E-state index < -0.39 is 0 Å². The van der Waals surface area contributed by atoms with E-state index in [1.807, 2.05) is 23.4 Å². The molecule has 1 N–H and O–H groups in total. The first kappa shape index (κ1) is 18.9. The quantitative estimate of drug-likeness (QED) is 0.801. The Labute approximate surface area is 164 Å². The van der Waals surface area contributed by atoms with Crippen molar-refractivity contribution in [3.63, 3.8) is 0 Å². The Morgan fingerprint density at radius 1 is 1.39 bits per heavy atom. The van der Waals surface area contributed by atoms with Crippen molar-refractivity contribution in [3.05, 3.63) is 18.2 Å². The molecule has 4 rings (SSSR count). The van der Waals surface area contributed by atoms with Crippen LogP contribution in [0.4, 0.5) is 0 Å². The molecule has 1 saturated heterocycles. The zero-order chi connectivity index (χ0) is 19.7. The zero-order valence-electron chi connectivity index (χ0n) is 16.4. The van der Waals surface area contributed by atoms with E-state index in [0.29, 0.717) is 31.8 Å². The van der Waals surface area contributed by atoms with Gasteiger partial charge < -0.3 is 24.4 Å². The molecule has 1 aromatic rings. The standard InChI is InChI=1S/C19H27N5O4/c1-13-6-16(22-28-13)18(26)24-10-15(27-11-19(24)4-3-5-19)7-17(25)21-9-14-8-20-12-23(14)2/h8,12-13,15H,3-7,9-11H2,1-2H3,(H,21,25). The molecule has 1 aromatic heterocycles. The lowest BCUT2D eigenvalue weighted by Crippen LogP contribution is -2.66. The number of aromatic nitrogens is 2. The molecule has 0 bridgehead atoms. The highest BCUT2D eigenvalue weighted by Gasteiger charge is 2.50. The highest BCUT2D eigenvalue weighted by molar-refractivity contribution is 6.39. The maximum Gasteiger partial charge on any atom is 0.272 e. The van der Waals surface area contributed by atoms with Crippen LogP contribution in [0.3, 0.4) is 0 Å². The van der Waals surface area contributed by atoms with Crippen LogP contribution in [0.2, 0.25) is 0 Å². The van der Waals surface area contributed by atoms with Crippen molar-refractivity contribution in [2.24, 2.45) is 12.2 Å².